The molecule has 0 fully saturated rings. The second kappa shape index (κ2) is 5.94. The first-order valence-electron chi connectivity index (χ1n) is 5.62. The fraction of sp³-hybridized carbons (Fsp3) is 0.214. The zero-order valence-corrected chi connectivity index (χ0v) is 11.3. The van der Waals surface area contributed by atoms with Crippen LogP contribution in [0.15, 0.2) is 53.3 Å². The molecule has 2 rings (SSSR count). The Morgan fingerprint density at radius 1 is 1.18 bits per heavy atom. The van der Waals surface area contributed by atoms with Crippen molar-refractivity contribution in [1.29, 1.82) is 0 Å². The highest BCUT2D eigenvalue weighted by Crippen LogP contribution is 2.25. The first-order chi connectivity index (χ1) is 8.31. The van der Waals surface area contributed by atoms with Crippen LogP contribution in [0.3, 0.4) is 0 Å². The minimum atomic E-state index is 0.313. The second-order valence-corrected chi connectivity index (χ2v) is 4.78. The summed E-state index contributed by atoms with van der Waals surface area (Å²) in [5.41, 5.74) is 2.57. The molecular formula is C14H15BrN2. The van der Waals surface area contributed by atoms with Gasteiger partial charge >= 0.3 is 0 Å². The fourth-order valence-electron chi connectivity index (χ4n) is 1.88. The van der Waals surface area contributed by atoms with Crippen LogP contribution in [0.4, 0.5) is 0 Å². The van der Waals surface area contributed by atoms with E-state index in [-0.39, 0.29) is 0 Å². The van der Waals surface area contributed by atoms with Crippen molar-refractivity contribution in [2.75, 3.05) is 7.05 Å². The lowest BCUT2D eigenvalue weighted by molar-refractivity contribution is 0.589. The van der Waals surface area contributed by atoms with Gasteiger partial charge in [0.25, 0.3) is 0 Å². The second-order valence-electron chi connectivity index (χ2n) is 3.92. The first kappa shape index (κ1) is 12.3. The Labute approximate surface area is 110 Å². The van der Waals surface area contributed by atoms with Crippen LogP contribution in [0, 0.1) is 0 Å². The highest BCUT2D eigenvalue weighted by molar-refractivity contribution is 9.10. The van der Waals surface area contributed by atoms with E-state index in [9.17, 15) is 0 Å². The smallest absolute Gasteiger partial charge is 0.0369 e. The van der Waals surface area contributed by atoms with Crippen LogP contribution in [-0.2, 0) is 6.42 Å². The lowest BCUT2D eigenvalue weighted by Crippen LogP contribution is -2.19. The van der Waals surface area contributed by atoms with Crippen molar-refractivity contribution >= 4 is 15.9 Å². The van der Waals surface area contributed by atoms with E-state index in [1.54, 1.807) is 0 Å². The van der Waals surface area contributed by atoms with Gasteiger partial charge in [-0.3, -0.25) is 4.98 Å². The molecule has 2 aromatic rings. The predicted octanol–water partition coefficient (Wildman–Crippen LogP) is 3.35. The molecule has 0 saturated carbocycles. The van der Waals surface area contributed by atoms with Gasteiger partial charge in [0, 0.05) is 22.9 Å². The summed E-state index contributed by atoms with van der Waals surface area (Å²) in [6, 6.07) is 12.7. The van der Waals surface area contributed by atoms with E-state index >= 15 is 0 Å². The van der Waals surface area contributed by atoms with Crippen LogP contribution in [0.1, 0.15) is 17.2 Å². The Hall–Kier alpha value is -1.19. The third-order valence-corrected chi connectivity index (χ3v) is 3.54. The molecule has 1 aromatic heterocycles. The Morgan fingerprint density at radius 2 is 1.88 bits per heavy atom. The summed E-state index contributed by atoms with van der Waals surface area (Å²) in [6.07, 6.45) is 4.63. The monoisotopic (exact) mass is 290 g/mol. The summed E-state index contributed by atoms with van der Waals surface area (Å²) < 4.78 is 1.15. The summed E-state index contributed by atoms with van der Waals surface area (Å²) in [7, 11) is 1.99. The van der Waals surface area contributed by atoms with Crippen molar-refractivity contribution in [1.82, 2.24) is 10.3 Å². The molecule has 0 radical (unpaired) electrons. The van der Waals surface area contributed by atoms with Gasteiger partial charge in [-0.25, -0.2) is 0 Å². The van der Waals surface area contributed by atoms with Gasteiger partial charge in [-0.15, -0.1) is 0 Å². The van der Waals surface area contributed by atoms with E-state index in [4.69, 9.17) is 0 Å². The summed E-state index contributed by atoms with van der Waals surface area (Å²) >= 11 is 3.60. The molecule has 0 aliphatic heterocycles. The van der Waals surface area contributed by atoms with Crippen LogP contribution in [0.25, 0.3) is 0 Å². The Kier molecular flexibility index (Phi) is 4.29. The average molecular weight is 291 g/mol. The van der Waals surface area contributed by atoms with Gasteiger partial charge in [-0.2, -0.15) is 0 Å². The maximum absolute atomic E-state index is 4.04. The van der Waals surface area contributed by atoms with Crippen molar-refractivity contribution < 1.29 is 0 Å². The number of likely N-dealkylation sites (N-methyl/N-ethyl adjacent to an activating group) is 1. The number of nitrogens with zero attached hydrogens (tertiary/aromatic N) is 1. The largest absolute Gasteiger partial charge is 0.313 e. The minimum Gasteiger partial charge on any atom is -0.313 e. The van der Waals surface area contributed by atoms with Crippen molar-refractivity contribution in [3.8, 4) is 0 Å². The van der Waals surface area contributed by atoms with Crippen molar-refractivity contribution in [2.45, 2.75) is 12.5 Å². The summed E-state index contributed by atoms with van der Waals surface area (Å²) in [5.74, 6) is 0. The minimum absolute atomic E-state index is 0.313. The molecule has 0 bridgehead atoms. The number of rotatable bonds is 4. The number of halogens is 1. The highest BCUT2D eigenvalue weighted by Gasteiger charge is 2.12. The molecule has 0 aliphatic carbocycles. The molecule has 1 atom stereocenters. The zero-order chi connectivity index (χ0) is 12.1. The standard InChI is InChI=1S/C14H15BrN2/c1-16-14(10-11-6-8-17-9-7-11)12-4-2-3-5-13(12)15/h2-9,14,16H,10H2,1H3. The van der Waals surface area contributed by atoms with Gasteiger partial charge in [0.05, 0.1) is 0 Å². The molecule has 3 heteroatoms. The van der Waals surface area contributed by atoms with Gasteiger partial charge in [0.2, 0.25) is 0 Å². The summed E-state index contributed by atoms with van der Waals surface area (Å²) in [6.45, 7) is 0. The number of benzene rings is 1. The summed E-state index contributed by atoms with van der Waals surface area (Å²) in [5, 5.41) is 3.36. The topological polar surface area (TPSA) is 24.9 Å². The normalized spacial score (nSPS) is 12.4. The number of hydrogen-bond donors (Lipinski definition) is 1. The molecule has 0 amide bonds. The molecule has 1 heterocycles. The van der Waals surface area contributed by atoms with Crippen molar-refractivity contribution in [3.63, 3.8) is 0 Å². The number of aromatic nitrogens is 1. The fourth-order valence-corrected chi connectivity index (χ4v) is 2.44. The molecule has 17 heavy (non-hydrogen) atoms. The Bertz CT molecular complexity index is 471. The zero-order valence-electron chi connectivity index (χ0n) is 9.73. The van der Waals surface area contributed by atoms with E-state index in [1.165, 1.54) is 11.1 Å². The van der Waals surface area contributed by atoms with Gasteiger partial charge < -0.3 is 5.32 Å². The van der Waals surface area contributed by atoms with Gasteiger partial charge in [-0.1, -0.05) is 34.1 Å². The Morgan fingerprint density at radius 3 is 2.53 bits per heavy atom. The average Bonchev–Trinajstić information content (AvgIpc) is 2.38. The lowest BCUT2D eigenvalue weighted by atomic mass is 10.00. The molecule has 0 aliphatic rings. The number of hydrogen-bond acceptors (Lipinski definition) is 2. The number of pyridine rings is 1. The van der Waals surface area contributed by atoms with E-state index < -0.39 is 0 Å². The van der Waals surface area contributed by atoms with Gasteiger partial charge in [-0.05, 0) is 42.8 Å². The SMILES string of the molecule is CNC(Cc1ccncc1)c1ccccc1Br. The molecule has 0 saturated heterocycles. The summed E-state index contributed by atoms with van der Waals surface area (Å²) in [4.78, 5) is 4.04. The van der Waals surface area contributed by atoms with Gasteiger partial charge in [0.1, 0.15) is 0 Å². The highest BCUT2D eigenvalue weighted by atomic mass is 79.9. The van der Waals surface area contributed by atoms with E-state index in [0.717, 1.165) is 10.9 Å². The van der Waals surface area contributed by atoms with Crippen molar-refractivity contribution in [3.05, 3.63) is 64.4 Å². The molecule has 1 unspecified atom stereocenters. The van der Waals surface area contributed by atoms with E-state index in [0.29, 0.717) is 6.04 Å². The third kappa shape index (κ3) is 3.14. The molecule has 1 aromatic carbocycles. The van der Waals surface area contributed by atoms with Crippen LogP contribution in [0.2, 0.25) is 0 Å². The van der Waals surface area contributed by atoms with Crippen LogP contribution in [0.5, 0.6) is 0 Å². The lowest BCUT2D eigenvalue weighted by Gasteiger charge is -2.18. The Balaban J connectivity index is 2.21. The molecule has 88 valence electrons. The quantitative estimate of drug-likeness (QED) is 0.934. The number of nitrogens with one attached hydrogen (secondary N) is 1. The maximum atomic E-state index is 4.04. The van der Waals surface area contributed by atoms with Crippen LogP contribution < -0.4 is 5.32 Å². The van der Waals surface area contributed by atoms with E-state index in [2.05, 4.69) is 56.6 Å². The first-order valence-corrected chi connectivity index (χ1v) is 6.41. The molecule has 1 N–H and O–H groups in total. The predicted molar refractivity (Wildman–Crippen MR) is 73.9 cm³/mol. The van der Waals surface area contributed by atoms with Crippen LogP contribution in [-0.4, -0.2) is 12.0 Å². The third-order valence-electron chi connectivity index (χ3n) is 2.82. The van der Waals surface area contributed by atoms with E-state index in [1.807, 2.05) is 25.5 Å². The maximum Gasteiger partial charge on any atom is 0.0369 e. The van der Waals surface area contributed by atoms with Crippen LogP contribution >= 0.6 is 15.9 Å². The van der Waals surface area contributed by atoms with Crippen molar-refractivity contribution in [2.24, 2.45) is 0 Å². The van der Waals surface area contributed by atoms with Gasteiger partial charge in [0.15, 0.2) is 0 Å². The molecule has 2 nitrogen and oxygen atoms in total. The molecular weight excluding hydrogens is 276 g/mol. The molecule has 0 spiro atoms.